The molecule has 0 saturated carbocycles. The molecule has 0 spiro atoms. The second-order valence-corrected chi connectivity index (χ2v) is 7.16. The summed E-state index contributed by atoms with van der Waals surface area (Å²) >= 11 is 0. The van der Waals surface area contributed by atoms with Crippen molar-refractivity contribution in [3.63, 3.8) is 0 Å². The van der Waals surface area contributed by atoms with Crippen LogP contribution in [0.1, 0.15) is 58.3 Å². The summed E-state index contributed by atoms with van der Waals surface area (Å²) < 4.78 is 19.1. The summed E-state index contributed by atoms with van der Waals surface area (Å²) in [6.45, 7) is 10.1. The van der Waals surface area contributed by atoms with Gasteiger partial charge in [0.2, 0.25) is 0 Å². The number of hydrogen-bond acceptors (Lipinski definition) is 5. The number of aromatic nitrogens is 3. The highest BCUT2D eigenvalue weighted by Crippen LogP contribution is 2.30. The first-order valence-corrected chi connectivity index (χ1v) is 8.91. The molecule has 6 nitrogen and oxygen atoms in total. The number of ether oxygens (including phenoxy) is 3. The van der Waals surface area contributed by atoms with Crippen LogP contribution in [0.15, 0.2) is 24.3 Å². The average molecular weight is 345 g/mol. The van der Waals surface area contributed by atoms with E-state index < -0.39 is 0 Å². The van der Waals surface area contributed by atoms with Crippen LogP contribution in [-0.2, 0) is 16.9 Å². The molecule has 0 bridgehead atoms. The zero-order valence-electron chi connectivity index (χ0n) is 15.5. The zero-order chi connectivity index (χ0) is 17.9. The Morgan fingerprint density at radius 1 is 1.16 bits per heavy atom. The highest BCUT2D eigenvalue weighted by atomic mass is 16.5. The Bertz CT molecular complexity index is 683. The molecule has 3 rings (SSSR count). The smallest absolute Gasteiger partial charge is 0.188 e. The fraction of sp³-hybridized carbons (Fsp3) is 0.579. The van der Waals surface area contributed by atoms with Gasteiger partial charge < -0.3 is 14.2 Å². The number of hydrogen-bond donors (Lipinski definition) is 0. The Morgan fingerprint density at radius 3 is 2.40 bits per heavy atom. The van der Waals surface area contributed by atoms with Crippen molar-refractivity contribution >= 4 is 0 Å². The maximum atomic E-state index is 5.83. The first kappa shape index (κ1) is 17.7. The summed E-state index contributed by atoms with van der Waals surface area (Å²) in [7, 11) is 0. The van der Waals surface area contributed by atoms with Crippen molar-refractivity contribution < 1.29 is 14.2 Å². The van der Waals surface area contributed by atoms with Gasteiger partial charge in [0.15, 0.2) is 11.6 Å². The van der Waals surface area contributed by atoms with Gasteiger partial charge in [0.1, 0.15) is 24.2 Å². The lowest BCUT2D eigenvalue weighted by Crippen LogP contribution is -2.27. The summed E-state index contributed by atoms with van der Waals surface area (Å²) in [4.78, 5) is 4.70. The van der Waals surface area contributed by atoms with Crippen molar-refractivity contribution in [2.24, 2.45) is 0 Å². The lowest BCUT2D eigenvalue weighted by Gasteiger charge is -2.23. The van der Waals surface area contributed by atoms with E-state index in [-0.39, 0.29) is 11.6 Å². The van der Waals surface area contributed by atoms with Crippen molar-refractivity contribution in [2.75, 3.05) is 13.2 Å². The van der Waals surface area contributed by atoms with E-state index in [0.717, 1.165) is 36.8 Å². The lowest BCUT2D eigenvalue weighted by molar-refractivity contribution is 0.0958. The van der Waals surface area contributed by atoms with E-state index in [1.807, 2.05) is 35.9 Å². The quantitative estimate of drug-likeness (QED) is 0.795. The standard InChI is InChI=1S/C19H27N3O3/c1-5-23-14-8-10-15(11-9-14)25-13-17-20-18(16-7-6-12-24-16)22(21-17)19(2,3)4/h8-11,16H,5-7,12-13H2,1-4H3/t16-/m1/s1. The third kappa shape index (κ3) is 4.31. The van der Waals surface area contributed by atoms with E-state index in [1.54, 1.807) is 0 Å². The van der Waals surface area contributed by atoms with Gasteiger partial charge in [0, 0.05) is 6.61 Å². The average Bonchev–Trinajstić information content (AvgIpc) is 3.23. The molecule has 0 amide bonds. The lowest BCUT2D eigenvalue weighted by atomic mass is 10.1. The van der Waals surface area contributed by atoms with Crippen LogP contribution in [-0.4, -0.2) is 28.0 Å². The molecule has 2 aromatic rings. The van der Waals surface area contributed by atoms with Gasteiger partial charge in [-0.25, -0.2) is 9.67 Å². The van der Waals surface area contributed by atoms with Gasteiger partial charge in [-0.1, -0.05) is 0 Å². The zero-order valence-corrected chi connectivity index (χ0v) is 15.5. The fourth-order valence-corrected chi connectivity index (χ4v) is 2.86. The molecule has 1 aliphatic rings. The highest BCUT2D eigenvalue weighted by Gasteiger charge is 2.29. The van der Waals surface area contributed by atoms with E-state index in [0.29, 0.717) is 19.0 Å². The Labute approximate surface area is 149 Å². The van der Waals surface area contributed by atoms with Crippen molar-refractivity contribution in [3.8, 4) is 11.5 Å². The normalized spacial score (nSPS) is 17.7. The maximum absolute atomic E-state index is 5.83. The molecule has 1 atom stereocenters. The Morgan fingerprint density at radius 2 is 1.84 bits per heavy atom. The third-order valence-electron chi connectivity index (χ3n) is 4.03. The van der Waals surface area contributed by atoms with E-state index in [9.17, 15) is 0 Å². The van der Waals surface area contributed by atoms with Gasteiger partial charge in [0.05, 0.1) is 12.1 Å². The Kier molecular flexibility index (Phi) is 5.27. The molecule has 1 saturated heterocycles. The van der Waals surface area contributed by atoms with Gasteiger partial charge in [-0.3, -0.25) is 0 Å². The molecule has 1 aromatic carbocycles. The molecule has 25 heavy (non-hydrogen) atoms. The van der Waals surface area contributed by atoms with Crippen molar-refractivity contribution in [2.45, 2.75) is 58.8 Å². The van der Waals surface area contributed by atoms with Crippen molar-refractivity contribution in [1.29, 1.82) is 0 Å². The van der Waals surface area contributed by atoms with Crippen LogP contribution in [0.25, 0.3) is 0 Å². The molecular weight excluding hydrogens is 318 g/mol. The van der Waals surface area contributed by atoms with Crippen LogP contribution in [0, 0.1) is 0 Å². The van der Waals surface area contributed by atoms with Gasteiger partial charge >= 0.3 is 0 Å². The minimum atomic E-state index is -0.147. The van der Waals surface area contributed by atoms with Crippen LogP contribution >= 0.6 is 0 Å². The first-order chi connectivity index (χ1) is 12.0. The van der Waals surface area contributed by atoms with Crippen molar-refractivity contribution in [3.05, 3.63) is 35.9 Å². The number of benzene rings is 1. The number of rotatable bonds is 6. The molecule has 6 heteroatoms. The van der Waals surface area contributed by atoms with Crippen LogP contribution in [0.4, 0.5) is 0 Å². The largest absolute Gasteiger partial charge is 0.494 e. The van der Waals surface area contributed by atoms with Crippen LogP contribution < -0.4 is 9.47 Å². The van der Waals surface area contributed by atoms with Gasteiger partial charge in [-0.15, -0.1) is 0 Å². The summed E-state index contributed by atoms with van der Waals surface area (Å²) in [6, 6.07) is 7.59. The summed E-state index contributed by atoms with van der Waals surface area (Å²) in [6.07, 6.45) is 2.10. The van der Waals surface area contributed by atoms with Crippen molar-refractivity contribution in [1.82, 2.24) is 14.8 Å². The Balaban J connectivity index is 1.71. The SMILES string of the molecule is CCOc1ccc(OCc2nc([C@H]3CCCO3)n(C(C)(C)C)n2)cc1. The van der Waals surface area contributed by atoms with Gasteiger partial charge in [0.25, 0.3) is 0 Å². The summed E-state index contributed by atoms with van der Waals surface area (Å²) in [5.74, 6) is 3.18. The minimum absolute atomic E-state index is 0.0333. The van der Waals surface area contributed by atoms with Crippen LogP contribution in [0.5, 0.6) is 11.5 Å². The molecule has 1 aromatic heterocycles. The Hall–Kier alpha value is -2.08. The predicted molar refractivity (Wildman–Crippen MR) is 94.9 cm³/mol. The second-order valence-electron chi connectivity index (χ2n) is 7.16. The van der Waals surface area contributed by atoms with Crippen LogP contribution in [0.2, 0.25) is 0 Å². The molecule has 0 unspecified atom stereocenters. The molecule has 1 aliphatic heterocycles. The molecular formula is C19H27N3O3. The topological polar surface area (TPSA) is 58.4 Å². The first-order valence-electron chi connectivity index (χ1n) is 8.91. The molecule has 2 heterocycles. The molecule has 0 aliphatic carbocycles. The third-order valence-corrected chi connectivity index (χ3v) is 4.03. The second kappa shape index (κ2) is 7.44. The van der Waals surface area contributed by atoms with Gasteiger partial charge in [-0.05, 0) is 64.8 Å². The minimum Gasteiger partial charge on any atom is -0.494 e. The molecule has 0 radical (unpaired) electrons. The summed E-state index contributed by atoms with van der Waals surface area (Å²) in [5, 5.41) is 4.66. The maximum Gasteiger partial charge on any atom is 0.188 e. The number of nitrogens with zero attached hydrogens (tertiary/aromatic N) is 3. The highest BCUT2D eigenvalue weighted by molar-refractivity contribution is 5.31. The van der Waals surface area contributed by atoms with E-state index in [2.05, 4.69) is 25.9 Å². The van der Waals surface area contributed by atoms with E-state index >= 15 is 0 Å². The monoisotopic (exact) mass is 345 g/mol. The summed E-state index contributed by atoms with van der Waals surface area (Å²) in [5.41, 5.74) is -0.147. The predicted octanol–water partition coefficient (Wildman–Crippen LogP) is 3.86. The van der Waals surface area contributed by atoms with E-state index in [4.69, 9.17) is 19.2 Å². The fourth-order valence-electron chi connectivity index (χ4n) is 2.86. The molecule has 136 valence electrons. The van der Waals surface area contributed by atoms with Crippen LogP contribution in [0.3, 0.4) is 0 Å². The molecule has 0 N–H and O–H groups in total. The van der Waals surface area contributed by atoms with E-state index in [1.165, 1.54) is 0 Å². The molecule has 1 fully saturated rings. The van der Waals surface area contributed by atoms with Gasteiger partial charge in [-0.2, -0.15) is 5.10 Å².